The fraction of sp³-hybridized carbons (Fsp3) is 0.375. The van der Waals surface area contributed by atoms with E-state index >= 15 is 0 Å². The molecule has 1 unspecified atom stereocenters. The second-order valence-corrected chi connectivity index (χ2v) is 8.75. The smallest absolute Gasteiger partial charge is 0.225 e. The maximum atomic E-state index is 4.97. The van der Waals surface area contributed by atoms with Gasteiger partial charge in [0.1, 0.15) is 0 Å². The van der Waals surface area contributed by atoms with E-state index in [9.17, 15) is 0 Å². The maximum absolute atomic E-state index is 4.97. The Balaban J connectivity index is 1.53. The summed E-state index contributed by atoms with van der Waals surface area (Å²) in [4.78, 5) is 16.0. The number of nitrogens with zero attached hydrogens (tertiary/aromatic N) is 4. The van der Waals surface area contributed by atoms with Gasteiger partial charge >= 0.3 is 0 Å². The van der Waals surface area contributed by atoms with Gasteiger partial charge in [-0.05, 0) is 35.4 Å². The third kappa shape index (κ3) is 4.80. The molecule has 0 bridgehead atoms. The van der Waals surface area contributed by atoms with Gasteiger partial charge in [0.25, 0.3) is 0 Å². The molecule has 3 aromatic rings. The van der Waals surface area contributed by atoms with Crippen molar-refractivity contribution in [2.45, 2.75) is 45.8 Å². The quantitative estimate of drug-likeness (QED) is 0.683. The first-order chi connectivity index (χ1) is 14.0. The fourth-order valence-electron chi connectivity index (χ4n) is 4.07. The number of aromatic nitrogens is 3. The van der Waals surface area contributed by atoms with Crippen LogP contribution in [-0.4, -0.2) is 22.0 Å². The molecule has 29 heavy (non-hydrogen) atoms. The van der Waals surface area contributed by atoms with Crippen LogP contribution in [0.15, 0.2) is 61.1 Å². The van der Waals surface area contributed by atoms with Crippen molar-refractivity contribution in [3.05, 3.63) is 83.4 Å². The van der Waals surface area contributed by atoms with Crippen LogP contribution in [0, 0.1) is 5.41 Å². The molecule has 2 aromatic heterocycles. The minimum absolute atomic E-state index is 0.198. The van der Waals surface area contributed by atoms with Crippen molar-refractivity contribution in [2.75, 3.05) is 11.9 Å². The number of benzene rings is 1. The molecule has 0 saturated heterocycles. The van der Waals surface area contributed by atoms with Gasteiger partial charge in [-0.25, -0.2) is 9.97 Å². The lowest BCUT2D eigenvalue weighted by Crippen LogP contribution is -2.34. The first kappa shape index (κ1) is 19.5. The third-order valence-electron chi connectivity index (χ3n) is 5.54. The van der Waals surface area contributed by atoms with Crippen LogP contribution < -0.4 is 10.2 Å². The lowest BCUT2D eigenvalue weighted by atomic mass is 9.74. The van der Waals surface area contributed by atoms with E-state index in [1.165, 1.54) is 16.7 Å². The number of pyridine rings is 1. The molecule has 0 spiro atoms. The summed E-state index contributed by atoms with van der Waals surface area (Å²) in [7, 11) is 2.06. The Bertz CT molecular complexity index is 940. The number of hydrogen-bond acceptors (Lipinski definition) is 5. The lowest BCUT2D eigenvalue weighted by molar-refractivity contribution is 0.252. The molecule has 150 valence electrons. The van der Waals surface area contributed by atoms with E-state index in [2.05, 4.69) is 66.4 Å². The summed E-state index contributed by atoms with van der Waals surface area (Å²) in [5.74, 6) is 0.788. The van der Waals surface area contributed by atoms with Gasteiger partial charge in [0.2, 0.25) is 5.95 Å². The van der Waals surface area contributed by atoms with Crippen LogP contribution >= 0.6 is 0 Å². The van der Waals surface area contributed by atoms with Gasteiger partial charge in [0.15, 0.2) is 0 Å². The molecule has 4 rings (SSSR count). The van der Waals surface area contributed by atoms with Gasteiger partial charge < -0.3 is 10.2 Å². The molecule has 0 aliphatic heterocycles. The van der Waals surface area contributed by atoms with Crippen LogP contribution in [0.5, 0.6) is 0 Å². The van der Waals surface area contributed by atoms with E-state index in [1.807, 2.05) is 30.7 Å². The minimum Gasteiger partial charge on any atom is -0.340 e. The largest absolute Gasteiger partial charge is 0.340 e. The average Bonchev–Trinajstić information content (AvgIpc) is 2.72. The molecule has 1 aromatic carbocycles. The second-order valence-electron chi connectivity index (χ2n) is 8.75. The van der Waals surface area contributed by atoms with E-state index in [4.69, 9.17) is 9.97 Å². The Morgan fingerprint density at radius 3 is 2.62 bits per heavy atom. The van der Waals surface area contributed by atoms with Crippen molar-refractivity contribution in [1.82, 2.24) is 20.3 Å². The molecule has 2 heterocycles. The van der Waals surface area contributed by atoms with Crippen LogP contribution in [-0.2, 0) is 19.5 Å². The monoisotopic (exact) mass is 387 g/mol. The summed E-state index contributed by atoms with van der Waals surface area (Å²) in [6.07, 6.45) is 7.80. The normalized spacial score (nSPS) is 17.6. The molecule has 0 fully saturated rings. The first-order valence-electron chi connectivity index (χ1n) is 10.2. The molecular weight excluding hydrogens is 358 g/mol. The van der Waals surface area contributed by atoms with Crippen LogP contribution in [0.4, 0.5) is 5.95 Å². The van der Waals surface area contributed by atoms with Gasteiger partial charge in [0, 0.05) is 50.3 Å². The summed E-state index contributed by atoms with van der Waals surface area (Å²) in [6.45, 7) is 6.24. The average molecular weight is 388 g/mol. The Kier molecular flexibility index (Phi) is 5.58. The molecule has 1 N–H and O–H groups in total. The van der Waals surface area contributed by atoms with E-state index in [1.54, 1.807) is 0 Å². The number of rotatable bonds is 6. The molecule has 5 heteroatoms. The summed E-state index contributed by atoms with van der Waals surface area (Å²) in [6, 6.07) is 14.8. The SMILES string of the molecule is CN(Cc1ccccc1)c1ncc2c(n1)CC(C)(C)CC2NCc1cccnc1. The van der Waals surface area contributed by atoms with Crippen molar-refractivity contribution in [2.24, 2.45) is 5.41 Å². The van der Waals surface area contributed by atoms with Gasteiger partial charge in [-0.2, -0.15) is 0 Å². The summed E-state index contributed by atoms with van der Waals surface area (Å²) in [5.41, 5.74) is 5.04. The highest BCUT2D eigenvalue weighted by Gasteiger charge is 2.33. The second kappa shape index (κ2) is 8.29. The zero-order valence-electron chi connectivity index (χ0n) is 17.5. The van der Waals surface area contributed by atoms with Crippen molar-refractivity contribution < 1.29 is 0 Å². The Hall–Kier alpha value is -2.79. The van der Waals surface area contributed by atoms with E-state index in [0.29, 0.717) is 0 Å². The highest BCUT2D eigenvalue weighted by Crippen LogP contribution is 2.40. The standard InChI is InChI=1S/C24H29N5/c1-24(2)12-21(26-15-19-10-7-11-25-14-19)20-16-27-23(28-22(20)13-24)29(3)17-18-8-5-4-6-9-18/h4-11,14,16,21,26H,12-13,15,17H2,1-3H3. The number of nitrogens with one attached hydrogen (secondary N) is 1. The van der Waals surface area contributed by atoms with Crippen LogP contribution in [0.2, 0.25) is 0 Å². The number of fused-ring (bicyclic) bond motifs is 1. The molecule has 1 aliphatic rings. The van der Waals surface area contributed by atoms with Crippen molar-refractivity contribution >= 4 is 5.95 Å². The van der Waals surface area contributed by atoms with Gasteiger partial charge in [-0.15, -0.1) is 0 Å². The number of hydrogen-bond donors (Lipinski definition) is 1. The molecule has 0 amide bonds. The predicted molar refractivity (Wildman–Crippen MR) is 117 cm³/mol. The highest BCUT2D eigenvalue weighted by atomic mass is 15.2. The van der Waals surface area contributed by atoms with Crippen LogP contribution in [0.1, 0.15) is 48.7 Å². The molecule has 0 radical (unpaired) electrons. The zero-order valence-corrected chi connectivity index (χ0v) is 17.5. The van der Waals surface area contributed by atoms with Crippen molar-refractivity contribution in [1.29, 1.82) is 0 Å². The van der Waals surface area contributed by atoms with E-state index in [0.717, 1.165) is 37.6 Å². The van der Waals surface area contributed by atoms with Gasteiger partial charge in [0.05, 0.1) is 5.69 Å². The topological polar surface area (TPSA) is 53.9 Å². The van der Waals surface area contributed by atoms with Crippen molar-refractivity contribution in [3.63, 3.8) is 0 Å². The molecule has 1 aliphatic carbocycles. The molecule has 5 nitrogen and oxygen atoms in total. The first-order valence-corrected chi connectivity index (χ1v) is 10.2. The third-order valence-corrected chi connectivity index (χ3v) is 5.54. The minimum atomic E-state index is 0.198. The van der Waals surface area contributed by atoms with Crippen LogP contribution in [0.3, 0.4) is 0 Å². The summed E-state index contributed by atoms with van der Waals surface area (Å²) >= 11 is 0. The van der Waals surface area contributed by atoms with Gasteiger partial charge in [-0.1, -0.05) is 50.2 Å². The lowest BCUT2D eigenvalue weighted by Gasteiger charge is -2.37. The predicted octanol–water partition coefficient (Wildman–Crippen LogP) is 4.31. The molecular formula is C24H29N5. The van der Waals surface area contributed by atoms with Gasteiger partial charge in [-0.3, -0.25) is 4.98 Å². The van der Waals surface area contributed by atoms with E-state index < -0.39 is 0 Å². The molecule has 1 atom stereocenters. The van der Waals surface area contributed by atoms with E-state index in [-0.39, 0.29) is 11.5 Å². The zero-order chi connectivity index (χ0) is 20.3. The Morgan fingerprint density at radius 1 is 1.07 bits per heavy atom. The Labute approximate surface area is 173 Å². The summed E-state index contributed by atoms with van der Waals surface area (Å²) < 4.78 is 0. The fourth-order valence-corrected chi connectivity index (χ4v) is 4.07. The van der Waals surface area contributed by atoms with Crippen LogP contribution in [0.25, 0.3) is 0 Å². The molecule has 0 saturated carbocycles. The maximum Gasteiger partial charge on any atom is 0.225 e. The summed E-state index contributed by atoms with van der Waals surface area (Å²) in [5, 5.41) is 3.70. The van der Waals surface area contributed by atoms with Crippen molar-refractivity contribution in [3.8, 4) is 0 Å². The number of anilines is 1. The Morgan fingerprint density at radius 2 is 1.86 bits per heavy atom. The highest BCUT2D eigenvalue weighted by molar-refractivity contribution is 5.37.